The zero-order chi connectivity index (χ0) is 14.6. The normalized spacial score (nSPS) is 11.6. The molecule has 0 aliphatic carbocycles. The highest BCUT2D eigenvalue weighted by Gasteiger charge is 2.24. The fraction of sp³-hybridized carbons (Fsp3) is 0.600. The molecule has 0 spiro atoms. The van der Waals surface area contributed by atoms with Crippen molar-refractivity contribution in [3.63, 3.8) is 0 Å². The van der Waals surface area contributed by atoms with Crippen LogP contribution in [-0.4, -0.2) is 25.2 Å². The predicted octanol–water partition coefficient (Wildman–Crippen LogP) is 1.27. The summed E-state index contributed by atoms with van der Waals surface area (Å²) in [6, 6.07) is 0. The molecule has 0 aromatic rings. The molecule has 0 saturated carbocycles. The summed E-state index contributed by atoms with van der Waals surface area (Å²) in [5, 5.41) is -1.25. The first kappa shape index (κ1) is 16.6. The summed E-state index contributed by atoms with van der Waals surface area (Å²) in [6.45, 7) is 7.88. The number of amides is 1. The van der Waals surface area contributed by atoms with Gasteiger partial charge in [0.1, 0.15) is 5.60 Å². The number of carbonyl (C=O) groups is 2. The summed E-state index contributed by atoms with van der Waals surface area (Å²) in [7, 11) is -4.53. The minimum absolute atomic E-state index is 0.490. The Morgan fingerprint density at radius 3 is 2.06 bits per heavy atom. The topological polar surface area (TPSA) is 98.8 Å². The van der Waals surface area contributed by atoms with Crippen molar-refractivity contribution in [2.45, 2.75) is 40.2 Å². The van der Waals surface area contributed by atoms with Crippen molar-refractivity contribution in [3.8, 4) is 0 Å². The molecule has 0 aliphatic heterocycles. The van der Waals surface area contributed by atoms with Crippen LogP contribution >= 0.6 is 0 Å². The molecule has 104 valence electrons. The van der Waals surface area contributed by atoms with Crippen LogP contribution in [0.5, 0.6) is 0 Å². The van der Waals surface area contributed by atoms with E-state index in [1.54, 1.807) is 34.6 Å². The average Bonchev–Trinajstić information content (AvgIpc) is 2.11. The number of hydroxylamine groups is 1. The van der Waals surface area contributed by atoms with Crippen molar-refractivity contribution < 1.29 is 27.0 Å². The molecule has 0 atom stereocenters. The Hall–Kier alpha value is -1.41. The predicted molar refractivity (Wildman–Crippen MR) is 63.8 cm³/mol. The fourth-order valence-corrected chi connectivity index (χ4v) is 1.38. The van der Waals surface area contributed by atoms with Crippen molar-refractivity contribution in [1.82, 2.24) is 5.48 Å². The molecule has 0 radical (unpaired) electrons. The summed E-state index contributed by atoms with van der Waals surface area (Å²) >= 11 is 0. The molecule has 0 rings (SSSR count). The standard InChI is InChI=1S/C10H17NO6S/c1-7(2)6-8(12)18(14,15)17-11-9(13)16-10(3,4)5/h6H,1-5H3,(H,11,13). The number of allylic oxidation sites excluding steroid dienone is 1. The highest BCUT2D eigenvalue weighted by Crippen LogP contribution is 2.07. The van der Waals surface area contributed by atoms with Gasteiger partial charge in [-0.25, -0.2) is 4.79 Å². The van der Waals surface area contributed by atoms with E-state index in [9.17, 15) is 18.0 Å². The molecule has 0 heterocycles. The molecular weight excluding hydrogens is 262 g/mol. The summed E-state index contributed by atoms with van der Waals surface area (Å²) in [5.74, 6) is 0. The largest absolute Gasteiger partial charge is 0.442 e. The minimum atomic E-state index is -4.53. The number of hydrogen-bond acceptors (Lipinski definition) is 6. The van der Waals surface area contributed by atoms with Crippen molar-refractivity contribution in [2.75, 3.05) is 0 Å². The second-order valence-corrected chi connectivity index (χ2v) is 6.16. The van der Waals surface area contributed by atoms with Gasteiger partial charge in [-0.05, 0) is 40.7 Å². The van der Waals surface area contributed by atoms with Gasteiger partial charge in [0.05, 0.1) is 0 Å². The van der Waals surface area contributed by atoms with E-state index in [-0.39, 0.29) is 0 Å². The molecule has 18 heavy (non-hydrogen) atoms. The van der Waals surface area contributed by atoms with E-state index in [2.05, 4.69) is 4.28 Å². The van der Waals surface area contributed by atoms with Gasteiger partial charge in [-0.1, -0.05) is 5.57 Å². The maximum absolute atomic E-state index is 11.2. The van der Waals surface area contributed by atoms with Gasteiger partial charge in [0, 0.05) is 0 Å². The van der Waals surface area contributed by atoms with E-state index in [1.807, 2.05) is 0 Å². The summed E-state index contributed by atoms with van der Waals surface area (Å²) < 4.78 is 31.3. The van der Waals surface area contributed by atoms with Crippen molar-refractivity contribution in [1.29, 1.82) is 0 Å². The Bertz CT molecular complexity index is 453. The Morgan fingerprint density at radius 2 is 1.67 bits per heavy atom. The van der Waals surface area contributed by atoms with Crippen LogP contribution in [0.15, 0.2) is 11.6 Å². The third kappa shape index (κ3) is 7.02. The molecule has 0 fully saturated rings. The van der Waals surface area contributed by atoms with E-state index >= 15 is 0 Å². The lowest BCUT2D eigenvalue weighted by atomic mass is 10.2. The number of carbonyl (C=O) groups excluding carboxylic acids is 2. The monoisotopic (exact) mass is 279 g/mol. The smallest absolute Gasteiger partial charge is 0.432 e. The molecule has 0 aliphatic rings. The van der Waals surface area contributed by atoms with Crippen molar-refractivity contribution in [3.05, 3.63) is 11.6 Å². The Morgan fingerprint density at radius 1 is 1.17 bits per heavy atom. The maximum Gasteiger partial charge on any atom is 0.432 e. The van der Waals surface area contributed by atoms with E-state index in [0.29, 0.717) is 5.57 Å². The van der Waals surface area contributed by atoms with Gasteiger partial charge in [0.25, 0.3) is 5.12 Å². The minimum Gasteiger partial charge on any atom is -0.442 e. The van der Waals surface area contributed by atoms with Gasteiger partial charge in [0.15, 0.2) is 0 Å². The van der Waals surface area contributed by atoms with Crippen LogP contribution in [0, 0.1) is 0 Å². The Balaban J connectivity index is 4.51. The molecule has 0 aromatic carbocycles. The third-order valence-electron chi connectivity index (χ3n) is 1.29. The van der Waals surface area contributed by atoms with Gasteiger partial charge in [-0.3, -0.25) is 4.79 Å². The van der Waals surface area contributed by atoms with Crippen molar-refractivity contribution >= 4 is 21.3 Å². The van der Waals surface area contributed by atoms with Gasteiger partial charge in [-0.15, -0.1) is 4.28 Å². The molecule has 8 heteroatoms. The third-order valence-corrected chi connectivity index (χ3v) is 2.20. The fourth-order valence-electron chi connectivity index (χ4n) is 0.737. The highest BCUT2D eigenvalue weighted by molar-refractivity contribution is 8.02. The van der Waals surface area contributed by atoms with Crippen molar-refractivity contribution in [2.24, 2.45) is 0 Å². The summed E-state index contributed by atoms with van der Waals surface area (Å²) in [4.78, 5) is 22.3. The Labute approximate surface area is 106 Å². The maximum atomic E-state index is 11.2. The lowest BCUT2D eigenvalue weighted by Gasteiger charge is -2.18. The first-order chi connectivity index (χ1) is 7.94. The van der Waals surface area contributed by atoms with Crippen LogP contribution in [0.2, 0.25) is 0 Å². The van der Waals surface area contributed by atoms with E-state index < -0.39 is 26.9 Å². The number of nitrogens with one attached hydrogen (secondary N) is 1. The van der Waals surface area contributed by atoms with Crippen LogP contribution in [-0.2, 0) is 23.9 Å². The number of rotatable bonds is 3. The molecule has 0 unspecified atom stereocenters. The quantitative estimate of drug-likeness (QED) is 0.617. The van der Waals surface area contributed by atoms with Crippen LogP contribution in [0.1, 0.15) is 34.6 Å². The number of ether oxygens (including phenoxy) is 1. The first-order valence-electron chi connectivity index (χ1n) is 5.05. The molecule has 7 nitrogen and oxygen atoms in total. The molecule has 0 bridgehead atoms. The van der Waals surface area contributed by atoms with Crippen LogP contribution in [0.4, 0.5) is 4.79 Å². The average molecular weight is 279 g/mol. The molecule has 1 amide bonds. The summed E-state index contributed by atoms with van der Waals surface area (Å²) in [5.41, 5.74) is 1.22. The van der Waals surface area contributed by atoms with Gasteiger partial charge < -0.3 is 4.74 Å². The zero-order valence-electron chi connectivity index (χ0n) is 10.9. The Kier molecular flexibility index (Phi) is 5.50. The number of hydrogen-bond donors (Lipinski definition) is 1. The van der Waals surface area contributed by atoms with Crippen LogP contribution in [0.25, 0.3) is 0 Å². The first-order valence-corrected chi connectivity index (χ1v) is 6.46. The molecular formula is C10H17NO6S. The molecule has 0 saturated heterocycles. The summed E-state index contributed by atoms with van der Waals surface area (Å²) in [6.07, 6.45) is -0.220. The SMILES string of the molecule is CC(C)=CC(=O)S(=O)(=O)ONC(=O)OC(C)(C)C. The van der Waals surface area contributed by atoms with Crippen LogP contribution in [0.3, 0.4) is 0 Å². The lowest BCUT2D eigenvalue weighted by molar-refractivity contribution is -0.108. The highest BCUT2D eigenvalue weighted by atomic mass is 32.2. The van der Waals surface area contributed by atoms with Gasteiger partial charge in [0.2, 0.25) is 0 Å². The lowest BCUT2D eigenvalue weighted by Crippen LogP contribution is -2.35. The second kappa shape index (κ2) is 5.96. The van der Waals surface area contributed by atoms with E-state index in [4.69, 9.17) is 4.74 Å². The van der Waals surface area contributed by atoms with E-state index in [1.165, 1.54) is 5.48 Å². The molecule has 1 N–H and O–H groups in total. The van der Waals surface area contributed by atoms with Crippen LogP contribution < -0.4 is 5.48 Å². The zero-order valence-corrected chi connectivity index (χ0v) is 11.8. The molecule has 0 aromatic heterocycles. The second-order valence-electron chi connectivity index (χ2n) is 4.68. The van der Waals surface area contributed by atoms with E-state index in [0.717, 1.165) is 6.08 Å². The van der Waals surface area contributed by atoms with Gasteiger partial charge >= 0.3 is 16.2 Å². The van der Waals surface area contributed by atoms with Gasteiger partial charge in [-0.2, -0.15) is 13.9 Å².